The molecule has 7 nitrogen and oxygen atoms in total. The van der Waals surface area contributed by atoms with Crippen molar-refractivity contribution < 1.29 is 14.2 Å². The predicted molar refractivity (Wildman–Crippen MR) is 112 cm³/mol. The van der Waals surface area contributed by atoms with Gasteiger partial charge in [-0.15, -0.1) is 10.2 Å². The number of rotatable bonds is 5. The molecule has 0 atom stereocenters. The Balaban J connectivity index is 1.90. The SMILES string of the molecule is COc1cc(-c2nnc3sc(=Cc4ccc(Cl)cc4)c(=O)n23)cc(OC)c1OC. The van der Waals surface area contributed by atoms with Crippen LogP contribution in [0.15, 0.2) is 41.2 Å². The maximum atomic E-state index is 13.0. The first kappa shape index (κ1) is 19.2. The molecule has 0 aliphatic carbocycles. The van der Waals surface area contributed by atoms with Crippen LogP contribution in [0.1, 0.15) is 5.56 Å². The average Bonchev–Trinajstić information content (AvgIpc) is 3.29. The van der Waals surface area contributed by atoms with Crippen molar-refractivity contribution in [2.45, 2.75) is 0 Å². The Bertz CT molecular complexity index is 1270. The minimum Gasteiger partial charge on any atom is -0.493 e. The Morgan fingerprint density at radius 3 is 2.24 bits per heavy atom. The highest BCUT2D eigenvalue weighted by Crippen LogP contribution is 2.40. The first-order valence-electron chi connectivity index (χ1n) is 8.51. The van der Waals surface area contributed by atoms with Gasteiger partial charge < -0.3 is 14.2 Å². The van der Waals surface area contributed by atoms with Crippen LogP contribution >= 0.6 is 22.9 Å². The molecule has 0 bridgehead atoms. The summed E-state index contributed by atoms with van der Waals surface area (Å²) in [4.78, 5) is 13.5. The maximum Gasteiger partial charge on any atom is 0.276 e. The second-order valence-electron chi connectivity index (χ2n) is 6.02. The standard InChI is InChI=1S/C20H16ClN3O4S/c1-26-14-9-12(10-15(27-2)17(14)28-3)18-22-23-20-24(18)19(25)16(29-20)8-11-4-6-13(21)7-5-11/h4-10H,1-3H3. The maximum absolute atomic E-state index is 13.0. The third-order valence-electron chi connectivity index (χ3n) is 4.34. The molecule has 4 rings (SSSR count). The fourth-order valence-corrected chi connectivity index (χ4v) is 4.01. The van der Waals surface area contributed by atoms with Crippen LogP contribution in [-0.4, -0.2) is 35.9 Å². The monoisotopic (exact) mass is 429 g/mol. The Hall–Kier alpha value is -3.10. The fraction of sp³-hybridized carbons (Fsp3) is 0.150. The van der Waals surface area contributed by atoms with Crippen molar-refractivity contribution in [3.05, 3.63) is 61.9 Å². The van der Waals surface area contributed by atoms with Crippen LogP contribution in [0.5, 0.6) is 17.2 Å². The van der Waals surface area contributed by atoms with Crippen LogP contribution < -0.4 is 24.3 Å². The Morgan fingerprint density at radius 1 is 1.00 bits per heavy atom. The van der Waals surface area contributed by atoms with E-state index in [0.29, 0.717) is 43.2 Å². The molecule has 2 aromatic heterocycles. The highest BCUT2D eigenvalue weighted by Gasteiger charge is 2.19. The molecule has 0 saturated carbocycles. The highest BCUT2D eigenvalue weighted by molar-refractivity contribution is 7.15. The number of ether oxygens (including phenoxy) is 3. The lowest BCUT2D eigenvalue weighted by atomic mass is 10.1. The zero-order valence-corrected chi connectivity index (χ0v) is 17.4. The molecule has 0 fully saturated rings. The van der Waals surface area contributed by atoms with E-state index in [1.165, 1.54) is 37.1 Å². The summed E-state index contributed by atoms with van der Waals surface area (Å²) in [7, 11) is 4.59. The van der Waals surface area contributed by atoms with E-state index in [1.54, 1.807) is 30.3 Å². The highest BCUT2D eigenvalue weighted by atomic mass is 35.5. The van der Waals surface area contributed by atoms with E-state index in [9.17, 15) is 4.79 Å². The summed E-state index contributed by atoms with van der Waals surface area (Å²) in [5.74, 6) is 1.80. The molecule has 0 N–H and O–H groups in total. The van der Waals surface area contributed by atoms with Gasteiger partial charge in [0.1, 0.15) is 0 Å². The zero-order valence-electron chi connectivity index (χ0n) is 15.8. The van der Waals surface area contributed by atoms with Crippen molar-refractivity contribution in [3.8, 4) is 28.6 Å². The van der Waals surface area contributed by atoms with Gasteiger partial charge in [0.25, 0.3) is 5.56 Å². The van der Waals surface area contributed by atoms with E-state index in [4.69, 9.17) is 25.8 Å². The smallest absolute Gasteiger partial charge is 0.276 e. The third kappa shape index (κ3) is 3.41. The van der Waals surface area contributed by atoms with Crippen LogP contribution in [-0.2, 0) is 0 Å². The van der Waals surface area contributed by atoms with E-state index in [2.05, 4.69) is 10.2 Å². The Labute approximate surface area is 174 Å². The Morgan fingerprint density at radius 2 is 1.66 bits per heavy atom. The third-order valence-corrected chi connectivity index (χ3v) is 5.55. The molecule has 0 spiro atoms. The van der Waals surface area contributed by atoms with Crippen molar-refractivity contribution in [2.24, 2.45) is 0 Å². The number of aromatic nitrogens is 3. The molecule has 0 aliphatic rings. The number of fused-ring (bicyclic) bond motifs is 1. The second-order valence-corrected chi connectivity index (χ2v) is 7.47. The van der Waals surface area contributed by atoms with Crippen molar-refractivity contribution in [2.75, 3.05) is 21.3 Å². The van der Waals surface area contributed by atoms with Gasteiger partial charge in [0.05, 0.1) is 25.9 Å². The predicted octanol–water partition coefficient (Wildman–Crippen LogP) is 3.04. The second kappa shape index (κ2) is 7.73. The topological polar surface area (TPSA) is 75.0 Å². The number of methoxy groups -OCH3 is 3. The van der Waals surface area contributed by atoms with Gasteiger partial charge in [-0.25, -0.2) is 4.40 Å². The molecule has 0 saturated heterocycles. The number of hydrogen-bond donors (Lipinski definition) is 0. The van der Waals surface area contributed by atoms with Crippen LogP contribution in [0.4, 0.5) is 0 Å². The number of halogens is 1. The lowest BCUT2D eigenvalue weighted by molar-refractivity contribution is 0.324. The molecule has 0 aliphatic heterocycles. The lowest BCUT2D eigenvalue weighted by Gasteiger charge is -2.13. The molecule has 148 valence electrons. The van der Waals surface area contributed by atoms with E-state index < -0.39 is 0 Å². The van der Waals surface area contributed by atoms with Gasteiger partial charge in [-0.2, -0.15) is 0 Å². The number of benzene rings is 2. The summed E-state index contributed by atoms with van der Waals surface area (Å²) in [6.45, 7) is 0. The minimum atomic E-state index is -0.200. The Kier molecular flexibility index (Phi) is 5.12. The lowest BCUT2D eigenvalue weighted by Crippen LogP contribution is -2.23. The first-order chi connectivity index (χ1) is 14.0. The van der Waals surface area contributed by atoms with Gasteiger partial charge in [-0.3, -0.25) is 4.79 Å². The molecule has 2 heterocycles. The largest absolute Gasteiger partial charge is 0.493 e. The van der Waals surface area contributed by atoms with Crippen LogP contribution in [0.3, 0.4) is 0 Å². The fourth-order valence-electron chi connectivity index (χ4n) is 2.97. The summed E-state index contributed by atoms with van der Waals surface area (Å²) in [6.07, 6.45) is 1.80. The van der Waals surface area contributed by atoms with Gasteiger partial charge in [-0.05, 0) is 35.9 Å². The van der Waals surface area contributed by atoms with E-state index in [-0.39, 0.29) is 5.56 Å². The normalized spacial score (nSPS) is 11.8. The van der Waals surface area contributed by atoms with E-state index in [1.807, 2.05) is 12.1 Å². The van der Waals surface area contributed by atoms with Crippen LogP contribution in [0.25, 0.3) is 22.4 Å². The van der Waals surface area contributed by atoms with Crippen molar-refractivity contribution in [3.63, 3.8) is 0 Å². The number of nitrogens with zero attached hydrogens (tertiary/aromatic N) is 3. The molecule has 0 amide bonds. The van der Waals surface area contributed by atoms with Crippen LogP contribution in [0.2, 0.25) is 5.02 Å². The summed E-state index contributed by atoms with van der Waals surface area (Å²) < 4.78 is 18.2. The number of thiazole rings is 1. The minimum absolute atomic E-state index is 0.200. The van der Waals surface area contributed by atoms with Crippen molar-refractivity contribution in [1.29, 1.82) is 0 Å². The quantitative estimate of drug-likeness (QED) is 0.485. The molecular weight excluding hydrogens is 414 g/mol. The summed E-state index contributed by atoms with van der Waals surface area (Å²) in [5, 5.41) is 8.99. The molecule has 0 unspecified atom stereocenters. The van der Waals surface area contributed by atoms with Gasteiger partial charge in [0, 0.05) is 10.6 Å². The van der Waals surface area contributed by atoms with Crippen molar-refractivity contribution >= 4 is 34.0 Å². The van der Waals surface area contributed by atoms with Gasteiger partial charge in [-0.1, -0.05) is 35.1 Å². The molecule has 4 aromatic rings. The van der Waals surface area contributed by atoms with Crippen LogP contribution in [0, 0.1) is 0 Å². The van der Waals surface area contributed by atoms with E-state index >= 15 is 0 Å². The molecule has 0 radical (unpaired) electrons. The van der Waals surface area contributed by atoms with Gasteiger partial charge in [0.2, 0.25) is 10.7 Å². The van der Waals surface area contributed by atoms with Crippen molar-refractivity contribution in [1.82, 2.24) is 14.6 Å². The summed E-state index contributed by atoms with van der Waals surface area (Å²) in [5.41, 5.74) is 1.30. The van der Waals surface area contributed by atoms with E-state index in [0.717, 1.165) is 5.56 Å². The molecule has 9 heteroatoms. The first-order valence-corrected chi connectivity index (χ1v) is 9.70. The summed E-state index contributed by atoms with van der Waals surface area (Å²) >= 11 is 7.19. The molecule has 29 heavy (non-hydrogen) atoms. The average molecular weight is 430 g/mol. The van der Waals surface area contributed by atoms with Gasteiger partial charge in [0.15, 0.2) is 17.3 Å². The zero-order chi connectivity index (χ0) is 20.5. The van der Waals surface area contributed by atoms with Gasteiger partial charge >= 0.3 is 0 Å². The molecular formula is C20H16ClN3O4S. The summed E-state index contributed by atoms with van der Waals surface area (Å²) in [6, 6.07) is 10.7. The number of hydrogen-bond acceptors (Lipinski definition) is 7. The molecule has 2 aromatic carbocycles.